The Morgan fingerprint density at radius 3 is 2.32 bits per heavy atom. The molecule has 1 aromatic carbocycles. The van der Waals surface area contributed by atoms with E-state index in [1.54, 1.807) is 12.1 Å². The number of hydrogen-bond acceptors (Lipinski definition) is 5. The maximum Gasteiger partial charge on any atom is 0.260 e. The van der Waals surface area contributed by atoms with Crippen molar-refractivity contribution in [1.29, 1.82) is 5.41 Å². The zero-order valence-electron chi connectivity index (χ0n) is 16.6. The summed E-state index contributed by atoms with van der Waals surface area (Å²) in [6, 6.07) is 4.86. The third-order valence-corrected chi connectivity index (χ3v) is 4.94. The van der Waals surface area contributed by atoms with Gasteiger partial charge in [-0.2, -0.15) is 0 Å². The van der Waals surface area contributed by atoms with Gasteiger partial charge in [0, 0.05) is 24.7 Å². The van der Waals surface area contributed by atoms with E-state index in [-0.39, 0.29) is 17.7 Å². The molecule has 8 nitrogen and oxygen atoms in total. The van der Waals surface area contributed by atoms with E-state index in [0.717, 1.165) is 4.90 Å². The van der Waals surface area contributed by atoms with Gasteiger partial charge in [0.2, 0.25) is 5.91 Å². The predicted molar refractivity (Wildman–Crippen MR) is 107 cm³/mol. The van der Waals surface area contributed by atoms with E-state index < -0.39 is 23.9 Å². The lowest BCUT2D eigenvalue weighted by molar-refractivity contribution is -0.142. The molecular weight excluding hydrogens is 358 g/mol. The van der Waals surface area contributed by atoms with Gasteiger partial charge in [-0.15, -0.1) is 0 Å². The van der Waals surface area contributed by atoms with Crippen LogP contribution in [0.3, 0.4) is 0 Å². The number of rotatable bonds is 6. The number of amidine groups is 1. The van der Waals surface area contributed by atoms with E-state index in [1.165, 1.54) is 24.1 Å². The molecule has 1 aliphatic heterocycles. The molecular formula is C20H29N5O3. The molecule has 1 saturated heterocycles. The molecule has 0 aliphatic carbocycles. The topological polar surface area (TPSA) is 134 Å². The van der Waals surface area contributed by atoms with Crippen molar-refractivity contribution in [2.75, 3.05) is 13.6 Å². The average Bonchev–Trinajstić information content (AvgIpc) is 3.14. The summed E-state index contributed by atoms with van der Waals surface area (Å²) in [7, 11) is 1.42. The van der Waals surface area contributed by atoms with E-state index >= 15 is 0 Å². The number of nitrogens with one attached hydrogen (secondary N) is 1. The summed E-state index contributed by atoms with van der Waals surface area (Å²) >= 11 is 0. The minimum Gasteiger partial charge on any atom is -0.384 e. The van der Waals surface area contributed by atoms with Crippen LogP contribution in [-0.4, -0.2) is 59.0 Å². The zero-order valence-corrected chi connectivity index (χ0v) is 16.6. The molecule has 8 heteroatoms. The number of hydrogen-bond donors (Lipinski definition) is 3. The highest BCUT2D eigenvalue weighted by Gasteiger charge is 2.38. The molecule has 152 valence electrons. The summed E-state index contributed by atoms with van der Waals surface area (Å²) in [5, 5.41) is 7.40. The fourth-order valence-electron chi connectivity index (χ4n) is 3.42. The lowest BCUT2D eigenvalue weighted by Crippen LogP contribution is -2.52. The van der Waals surface area contributed by atoms with Gasteiger partial charge >= 0.3 is 0 Å². The van der Waals surface area contributed by atoms with E-state index in [0.29, 0.717) is 36.9 Å². The second-order valence-corrected chi connectivity index (χ2v) is 7.62. The van der Waals surface area contributed by atoms with Gasteiger partial charge in [0.15, 0.2) is 0 Å². The molecule has 0 radical (unpaired) electrons. The van der Waals surface area contributed by atoms with Gasteiger partial charge in [-0.3, -0.25) is 24.7 Å². The van der Waals surface area contributed by atoms with Crippen LogP contribution in [0.5, 0.6) is 0 Å². The van der Waals surface area contributed by atoms with Crippen molar-refractivity contribution < 1.29 is 14.4 Å². The maximum absolute atomic E-state index is 12.9. The van der Waals surface area contributed by atoms with Crippen molar-refractivity contribution in [2.45, 2.75) is 45.2 Å². The number of nitrogens with two attached hydrogens (primary N) is 2. The Morgan fingerprint density at radius 1 is 1.21 bits per heavy atom. The Labute approximate surface area is 165 Å². The van der Waals surface area contributed by atoms with Crippen molar-refractivity contribution in [2.24, 2.45) is 17.4 Å². The van der Waals surface area contributed by atoms with Crippen LogP contribution in [0.1, 0.15) is 49.0 Å². The number of benzene rings is 1. The van der Waals surface area contributed by atoms with Gasteiger partial charge in [0.05, 0.1) is 6.04 Å². The smallest absolute Gasteiger partial charge is 0.260 e. The number of carbonyl (C=O) groups excluding carboxylic acids is 3. The Hall–Kier alpha value is -2.74. The maximum atomic E-state index is 12.9. The van der Waals surface area contributed by atoms with Crippen LogP contribution in [0.2, 0.25) is 0 Å². The van der Waals surface area contributed by atoms with Gasteiger partial charge in [-0.05, 0) is 37.3 Å². The average molecular weight is 387 g/mol. The molecule has 2 rings (SSSR count). The molecule has 0 saturated carbocycles. The molecule has 0 unspecified atom stereocenters. The standard InChI is InChI=1S/C20H29N5O3/c1-12(2)11-15(21)19(27)25-10-4-5-16(25)20(28)24(3)18(26)14-8-6-13(7-9-14)17(22)23/h6-9,12,15-16H,4-5,10-11,21H2,1-3H3,(H3,22,23)/t15-,16+/m1/s1. The first-order valence-corrected chi connectivity index (χ1v) is 9.46. The summed E-state index contributed by atoms with van der Waals surface area (Å²) in [4.78, 5) is 40.8. The summed E-state index contributed by atoms with van der Waals surface area (Å²) in [5.74, 6) is -0.940. The first-order chi connectivity index (χ1) is 13.1. The Balaban J connectivity index is 2.11. The van der Waals surface area contributed by atoms with Crippen LogP contribution < -0.4 is 11.5 Å². The fourth-order valence-corrected chi connectivity index (χ4v) is 3.42. The van der Waals surface area contributed by atoms with Crippen LogP contribution >= 0.6 is 0 Å². The minimum absolute atomic E-state index is 0.0960. The summed E-state index contributed by atoms with van der Waals surface area (Å²) < 4.78 is 0. The minimum atomic E-state index is -0.670. The second kappa shape index (κ2) is 8.97. The third kappa shape index (κ3) is 4.75. The molecule has 3 amide bonds. The number of imide groups is 1. The van der Waals surface area contributed by atoms with Crippen LogP contribution in [0, 0.1) is 11.3 Å². The molecule has 1 fully saturated rings. The highest BCUT2D eigenvalue weighted by Crippen LogP contribution is 2.22. The predicted octanol–water partition coefficient (Wildman–Crippen LogP) is 0.934. The SMILES string of the molecule is CC(C)C[C@@H](N)C(=O)N1CCC[C@H]1C(=O)N(C)C(=O)c1ccc(C(=N)N)cc1. The molecule has 1 aliphatic rings. The molecule has 1 aromatic rings. The molecule has 28 heavy (non-hydrogen) atoms. The summed E-state index contributed by atoms with van der Waals surface area (Å²) in [5.41, 5.74) is 12.2. The second-order valence-electron chi connectivity index (χ2n) is 7.62. The van der Waals surface area contributed by atoms with Crippen LogP contribution in [-0.2, 0) is 9.59 Å². The van der Waals surface area contributed by atoms with Crippen LogP contribution in [0.4, 0.5) is 0 Å². The fraction of sp³-hybridized carbons (Fsp3) is 0.500. The lowest BCUT2D eigenvalue weighted by Gasteiger charge is -2.29. The van der Waals surface area contributed by atoms with Gasteiger partial charge in [-0.25, -0.2) is 0 Å². The van der Waals surface area contributed by atoms with Crippen molar-refractivity contribution >= 4 is 23.6 Å². The van der Waals surface area contributed by atoms with Gasteiger partial charge < -0.3 is 16.4 Å². The largest absolute Gasteiger partial charge is 0.384 e. The van der Waals surface area contributed by atoms with Gasteiger partial charge in [0.25, 0.3) is 11.8 Å². The molecule has 0 aromatic heterocycles. The Bertz CT molecular complexity index is 760. The monoisotopic (exact) mass is 387 g/mol. The normalized spacial score (nSPS) is 17.5. The Kier molecular flexibility index (Phi) is 6.90. The van der Waals surface area contributed by atoms with Crippen LogP contribution in [0.25, 0.3) is 0 Å². The molecule has 5 N–H and O–H groups in total. The summed E-state index contributed by atoms with van der Waals surface area (Å²) in [6.07, 6.45) is 1.76. The quantitative estimate of drug-likeness (QED) is 0.379. The van der Waals surface area contributed by atoms with E-state index in [4.69, 9.17) is 16.9 Å². The highest BCUT2D eigenvalue weighted by molar-refractivity contribution is 6.07. The highest BCUT2D eigenvalue weighted by atomic mass is 16.2. The summed E-state index contributed by atoms with van der Waals surface area (Å²) in [6.45, 7) is 4.45. The Morgan fingerprint density at radius 2 is 1.79 bits per heavy atom. The molecule has 2 atom stereocenters. The van der Waals surface area contributed by atoms with E-state index in [2.05, 4.69) is 0 Å². The molecule has 0 spiro atoms. The number of carbonyl (C=O) groups is 3. The van der Waals surface area contributed by atoms with Crippen molar-refractivity contribution in [3.63, 3.8) is 0 Å². The first-order valence-electron chi connectivity index (χ1n) is 9.46. The van der Waals surface area contributed by atoms with Crippen molar-refractivity contribution in [3.05, 3.63) is 35.4 Å². The van der Waals surface area contributed by atoms with Crippen molar-refractivity contribution in [1.82, 2.24) is 9.80 Å². The number of likely N-dealkylation sites (N-methyl/N-ethyl adjacent to an activating group) is 1. The molecule has 0 bridgehead atoms. The van der Waals surface area contributed by atoms with Gasteiger partial charge in [-0.1, -0.05) is 26.0 Å². The number of amides is 3. The van der Waals surface area contributed by atoms with Crippen LogP contribution in [0.15, 0.2) is 24.3 Å². The lowest BCUT2D eigenvalue weighted by atomic mass is 10.0. The number of nitrogens with zero attached hydrogens (tertiary/aromatic N) is 2. The van der Waals surface area contributed by atoms with Crippen molar-refractivity contribution in [3.8, 4) is 0 Å². The van der Waals surface area contributed by atoms with Gasteiger partial charge in [0.1, 0.15) is 11.9 Å². The van der Waals surface area contributed by atoms with E-state index in [9.17, 15) is 14.4 Å². The number of nitrogen functional groups attached to an aromatic ring is 1. The number of likely N-dealkylation sites (tertiary alicyclic amines) is 1. The first kappa shape index (κ1) is 21.6. The zero-order chi connectivity index (χ0) is 21.0. The molecule has 1 heterocycles. The third-order valence-electron chi connectivity index (χ3n) is 4.94. The van der Waals surface area contributed by atoms with E-state index in [1.807, 2.05) is 13.8 Å².